The number of sulfonamides is 1. The van der Waals surface area contributed by atoms with E-state index in [1.165, 1.54) is 12.6 Å². The third kappa shape index (κ3) is 3.86. The summed E-state index contributed by atoms with van der Waals surface area (Å²) in [5, 5.41) is 0. The van der Waals surface area contributed by atoms with E-state index in [0.717, 1.165) is 23.2 Å². The molecule has 3 rings (SSSR count). The van der Waals surface area contributed by atoms with Gasteiger partial charge in [0.15, 0.2) is 0 Å². The van der Waals surface area contributed by atoms with Crippen LogP contribution in [0.15, 0.2) is 66.0 Å². The Kier molecular flexibility index (Phi) is 5.25. The molecule has 136 valence electrons. The van der Waals surface area contributed by atoms with Crippen LogP contribution in [0.4, 0.5) is 0 Å². The van der Waals surface area contributed by atoms with E-state index < -0.39 is 10.0 Å². The molecule has 0 radical (unpaired) electrons. The number of nitrogens with zero attached hydrogens (tertiary/aromatic N) is 2. The van der Waals surface area contributed by atoms with Gasteiger partial charge < -0.3 is 4.57 Å². The number of imidazole rings is 1. The fourth-order valence-corrected chi connectivity index (χ4v) is 3.79. The lowest BCUT2D eigenvalue weighted by molar-refractivity contribution is 0.588. The van der Waals surface area contributed by atoms with Crippen LogP contribution in [0.2, 0.25) is 0 Å². The number of aryl methyl sites for hydroxylation is 1. The SMILES string of the molecule is CNS(=O)(=O)c1ccc(C[C@H](C)c2ccccc2)c(-c2cn(C)cn2)c1. The summed E-state index contributed by atoms with van der Waals surface area (Å²) in [7, 11) is -0.186. The highest BCUT2D eigenvalue weighted by Gasteiger charge is 2.18. The van der Waals surface area contributed by atoms with Gasteiger partial charge in [-0.15, -0.1) is 0 Å². The monoisotopic (exact) mass is 369 g/mol. The Morgan fingerprint density at radius 3 is 2.50 bits per heavy atom. The molecular formula is C20H23N3O2S. The molecule has 0 unspecified atom stereocenters. The second kappa shape index (κ2) is 7.43. The Labute approximate surface area is 154 Å². The number of hydrogen-bond donors (Lipinski definition) is 1. The van der Waals surface area contributed by atoms with Gasteiger partial charge >= 0.3 is 0 Å². The van der Waals surface area contributed by atoms with E-state index in [1.54, 1.807) is 18.5 Å². The maximum Gasteiger partial charge on any atom is 0.240 e. The summed E-state index contributed by atoms with van der Waals surface area (Å²) in [5.41, 5.74) is 3.96. The van der Waals surface area contributed by atoms with Crippen molar-refractivity contribution < 1.29 is 8.42 Å². The maximum absolute atomic E-state index is 12.2. The van der Waals surface area contributed by atoms with Crippen LogP contribution < -0.4 is 4.72 Å². The van der Waals surface area contributed by atoms with Gasteiger partial charge in [-0.2, -0.15) is 0 Å². The van der Waals surface area contributed by atoms with Gasteiger partial charge in [-0.05, 0) is 42.6 Å². The van der Waals surface area contributed by atoms with Crippen molar-refractivity contribution in [3.05, 3.63) is 72.2 Å². The van der Waals surface area contributed by atoms with E-state index in [4.69, 9.17) is 0 Å². The second-order valence-corrected chi connectivity index (χ2v) is 8.35. The van der Waals surface area contributed by atoms with E-state index in [1.807, 2.05) is 42.1 Å². The van der Waals surface area contributed by atoms with E-state index in [9.17, 15) is 8.42 Å². The van der Waals surface area contributed by atoms with E-state index >= 15 is 0 Å². The molecular weight excluding hydrogens is 346 g/mol. The topological polar surface area (TPSA) is 64.0 Å². The number of rotatable bonds is 6. The molecule has 26 heavy (non-hydrogen) atoms. The molecule has 0 bridgehead atoms. The predicted octanol–water partition coefficient (Wildman–Crippen LogP) is 3.34. The Hall–Kier alpha value is -2.44. The van der Waals surface area contributed by atoms with Crippen LogP contribution >= 0.6 is 0 Å². The minimum absolute atomic E-state index is 0.247. The Balaban J connectivity index is 2.04. The van der Waals surface area contributed by atoms with Crippen LogP contribution in [0.5, 0.6) is 0 Å². The first kappa shape index (κ1) is 18.4. The molecule has 3 aromatic rings. The van der Waals surface area contributed by atoms with E-state index in [2.05, 4.69) is 28.8 Å². The van der Waals surface area contributed by atoms with Crippen LogP contribution in [0.25, 0.3) is 11.3 Å². The lowest BCUT2D eigenvalue weighted by atomic mass is 9.91. The summed E-state index contributed by atoms with van der Waals surface area (Å²) in [6, 6.07) is 15.6. The van der Waals surface area contributed by atoms with Gasteiger partial charge in [-0.25, -0.2) is 18.1 Å². The summed E-state index contributed by atoms with van der Waals surface area (Å²) in [5.74, 6) is 0.311. The molecule has 0 amide bonds. The number of nitrogens with one attached hydrogen (secondary N) is 1. The molecule has 1 atom stereocenters. The first-order valence-corrected chi connectivity index (χ1v) is 9.99. The Bertz CT molecular complexity index is 995. The summed E-state index contributed by atoms with van der Waals surface area (Å²) < 4.78 is 28.7. The number of benzene rings is 2. The molecule has 1 heterocycles. The van der Waals surface area contributed by atoms with Crippen LogP contribution in [0, 0.1) is 0 Å². The lowest BCUT2D eigenvalue weighted by Gasteiger charge is -2.16. The quantitative estimate of drug-likeness (QED) is 0.725. The molecule has 0 aliphatic heterocycles. The van der Waals surface area contributed by atoms with Gasteiger partial charge in [0.25, 0.3) is 0 Å². The maximum atomic E-state index is 12.2. The third-order valence-electron chi connectivity index (χ3n) is 4.54. The average molecular weight is 369 g/mol. The molecule has 1 aromatic heterocycles. The first-order valence-electron chi connectivity index (χ1n) is 8.50. The molecule has 5 nitrogen and oxygen atoms in total. The van der Waals surface area contributed by atoms with Gasteiger partial charge in [0.05, 0.1) is 16.9 Å². The highest BCUT2D eigenvalue weighted by Crippen LogP contribution is 2.30. The third-order valence-corrected chi connectivity index (χ3v) is 5.95. The largest absolute Gasteiger partial charge is 0.340 e. The van der Waals surface area contributed by atoms with Gasteiger partial charge in [0.2, 0.25) is 10.0 Å². The minimum atomic E-state index is -3.50. The minimum Gasteiger partial charge on any atom is -0.340 e. The van der Waals surface area contributed by atoms with Crippen molar-refractivity contribution in [2.45, 2.75) is 24.2 Å². The summed E-state index contributed by atoms with van der Waals surface area (Å²) in [6.07, 6.45) is 4.43. The fraction of sp³-hybridized carbons (Fsp3) is 0.250. The summed E-state index contributed by atoms with van der Waals surface area (Å²) in [4.78, 5) is 4.67. The van der Waals surface area contributed by atoms with Gasteiger partial charge in [0, 0.05) is 18.8 Å². The zero-order valence-electron chi connectivity index (χ0n) is 15.2. The standard InChI is InChI=1S/C20H23N3O2S/c1-15(16-7-5-4-6-8-16)11-17-9-10-18(26(24,25)21-2)12-19(17)20-13-23(3)14-22-20/h4-10,12-15,21H,11H2,1-3H3/t15-/m0/s1. The van der Waals surface area contributed by atoms with Crippen LogP contribution in [0.3, 0.4) is 0 Å². The van der Waals surface area contributed by atoms with E-state index in [-0.39, 0.29) is 4.90 Å². The normalized spacial score (nSPS) is 12.9. The molecule has 0 saturated heterocycles. The molecule has 0 spiro atoms. The van der Waals surface area contributed by atoms with Crippen LogP contribution in [0.1, 0.15) is 24.0 Å². The van der Waals surface area contributed by atoms with Gasteiger partial charge in [-0.1, -0.05) is 43.3 Å². The van der Waals surface area contributed by atoms with Crippen molar-refractivity contribution in [1.29, 1.82) is 0 Å². The average Bonchev–Trinajstić information content (AvgIpc) is 3.08. The highest BCUT2D eigenvalue weighted by molar-refractivity contribution is 7.89. The summed E-state index contributed by atoms with van der Waals surface area (Å²) in [6.45, 7) is 2.18. The Morgan fingerprint density at radius 2 is 1.88 bits per heavy atom. The van der Waals surface area contributed by atoms with Crippen molar-refractivity contribution in [2.24, 2.45) is 7.05 Å². The molecule has 2 aromatic carbocycles. The summed E-state index contributed by atoms with van der Waals surface area (Å²) >= 11 is 0. The number of hydrogen-bond acceptors (Lipinski definition) is 3. The molecule has 6 heteroatoms. The first-order chi connectivity index (χ1) is 12.4. The zero-order chi connectivity index (χ0) is 18.7. The predicted molar refractivity (Wildman–Crippen MR) is 103 cm³/mol. The zero-order valence-corrected chi connectivity index (χ0v) is 16.0. The lowest BCUT2D eigenvalue weighted by Crippen LogP contribution is -2.18. The number of aromatic nitrogens is 2. The second-order valence-electron chi connectivity index (χ2n) is 6.47. The van der Waals surface area contributed by atoms with Crippen molar-refractivity contribution in [3.8, 4) is 11.3 Å². The van der Waals surface area contributed by atoms with Crippen molar-refractivity contribution in [2.75, 3.05) is 7.05 Å². The van der Waals surface area contributed by atoms with Gasteiger partial charge in [-0.3, -0.25) is 0 Å². The molecule has 0 aliphatic rings. The van der Waals surface area contributed by atoms with Gasteiger partial charge in [0.1, 0.15) is 0 Å². The molecule has 0 fully saturated rings. The van der Waals surface area contributed by atoms with Crippen molar-refractivity contribution in [3.63, 3.8) is 0 Å². The van der Waals surface area contributed by atoms with Crippen molar-refractivity contribution in [1.82, 2.24) is 14.3 Å². The molecule has 0 aliphatic carbocycles. The smallest absolute Gasteiger partial charge is 0.240 e. The van der Waals surface area contributed by atoms with Crippen LogP contribution in [-0.2, 0) is 23.5 Å². The molecule has 0 saturated carbocycles. The van der Waals surface area contributed by atoms with E-state index in [0.29, 0.717) is 5.92 Å². The van der Waals surface area contributed by atoms with Crippen LogP contribution in [-0.4, -0.2) is 25.0 Å². The van der Waals surface area contributed by atoms with Crippen molar-refractivity contribution >= 4 is 10.0 Å². The fourth-order valence-electron chi connectivity index (χ4n) is 3.04. The Morgan fingerprint density at radius 1 is 1.15 bits per heavy atom. The molecule has 1 N–H and O–H groups in total. The highest BCUT2D eigenvalue weighted by atomic mass is 32.2.